The molecule has 6 nitrogen and oxygen atoms in total. The lowest BCUT2D eigenvalue weighted by molar-refractivity contribution is -0.126. The maximum absolute atomic E-state index is 12.3. The molecule has 1 fully saturated rings. The first kappa shape index (κ1) is 13.9. The highest BCUT2D eigenvalue weighted by Gasteiger charge is 2.47. The Hall–Kier alpha value is -2.73. The Kier molecular flexibility index (Phi) is 3.12. The van der Waals surface area contributed by atoms with Crippen LogP contribution in [-0.4, -0.2) is 25.9 Å². The molecule has 6 heteroatoms. The fourth-order valence-corrected chi connectivity index (χ4v) is 3.02. The van der Waals surface area contributed by atoms with Crippen LogP contribution in [-0.2, 0) is 4.79 Å². The number of rotatable bonds is 3. The second-order valence-corrected chi connectivity index (χ2v) is 5.49. The Morgan fingerprint density at radius 2 is 2.00 bits per heavy atom. The Morgan fingerprint density at radius 3 is 2.83 bits per heavy atom. The molecule has 0 unspecified atom stereocenters. The molecule has 118 valence electrons. The molecule has 2 N–H and O–H groups in total. The van der Waals surface area contributed by atoms with Gasteiger partial charge < -0.3 is 24.8 Å². The van der Waals surface area contributed by atoms with Gasteiger partial charge in [-0.05, 0) is 29.8 Å². The number of anilines is 1. The summed E-state index contributed by atoms with van der Waals surface area (Å²) < 4.78 is 15.9. The molecule has 2 aromatic rings. The molecule has 1 amide bonds. The highest BCUT2D eigenvalue weighted by Crippen LogP contribution is 2.43. The Balaban J connectivity index is 1.70. The van der Waals surface area contributed by atoms with E-state index in [2.05, 4.69) is 0 Å². The number of nitrogens with zero attached hydrogens (tertiary/aromatic N) is 1. The van der Waals surface area contributed by atoms with E-state index < -0.39 is 6.04 Å². The third-order valence-electron chi connectivity index (χ3n) is 4.21. The number of methoxy groups -OCH3 is 1. The molecule has 2 atom stereocenters. The molecule has 0 radical (unpaired) electrons. The molecular formula is C17H16N2O4. The first-order valence-corrected chi connectivity index (χ1v) is 7.31. The van der Waals surface area contributed by atoms with Gasteiger partial charge in [0.2, 0.25) is 12.7 Å². The summed E-state index contributed by atoms with van der Waals surface area (Å²) in [5.74, 6) is 1.94. The molecule has 2 aromatic carbocycles. The van der Waals surface area contributed by atoms with Crippen LogP contribution >= 0.6 is 0 Å². The van der Waals surface area contributed by atoms with E-state index in [-0.39, 0.29) is 18.7 Å². The Labute approximate surface area is 133 Å². The van der Waals surface area contributed by atoms with Gasteiger partial charge >= 0.3 is 0 Å². The summed E-state index contributed by atoms with van der Waals surface area (Å²) in [4.78, 5) is 14.0. The third kappa shape index (κ3) is 2.10. The van der Waals surface area contributed by atoms with Crippen LogP contribution in [0.1, 0.15) is 11.6 Å². The highest BCUT2D eigenvalue weighted by molar-refractivity contribution is 6.05. The summed E-state index contributed by atoms with van der Waals surface area (Å²) in [5.41, 5.74) is 7.73. The molecule has 0 bridgehead atoms. The van der Waals surface area contributed by atoms with Crippen LogP contribution in [0.5, 0.6) is 17.2 Å². The fourth-order valence-electron chi connectivity index (χ4n) is 3.02. The van der Waals surface area contributed by atoms with Crippen molar-refractivity contribution in [3.63, 3.8) is 0 Å². The number of ether oxygens (including phenoxy) is 3. The number of benzene rings is 2. The highest BCUT2D eigenvalue weighted by atomic mass is 16.7. The average molecular weight is 312 g/mol. The molecule has 0 aromatic heterocycles. The number of fused-ring (bicyclic) bond motifs is 1. The lowest BCUT2D eigenvalue weighted by atomic mass is 9.88. The molecule has 0 saturated carbocycles. The topological polar surface area (TPSA) is 74.0 Å². The van der Waals surface area contributed by atoms with Crippen molar-refractivity contribution in [2.45, 2.75) is 12.1 Å². The third-order valence-corrected chi connectivity index (χ3v) is 4.21. The van der Waals surface area contributed by atoms with E-state index in [0.29, 0.717) is 11.5 Å². The van der Waals surface area contributed by atoms with Gasteiger partial charge in [-0.2, -0.15) is 0 Å². The number of carbonyl (C=O) groups excluding carboxylic acids is 1. The van der Waals surface area contributed by atoms with Gasteiger partial charge in [0.05, 0.1) is 13.2 Å². The van der Waals surface area contributed by atoms with Gasteiger partial charge in [-0.15, -0.1) is 0 Å². The van der Waals surface area contributed by atoms with Crippen LogP contribution in [0.3, 0.4) is 0 Å². The summed E-state index contributed by atoms with van der Waals surface area (Å²) in [6.07, 6.45) is 0. The molecule has 2 aliphatic rings. The van der Waals surface area contributed by atoms with E-state index >= 15 is 0 Å². The average Bonchev–Trinajstić information content (AvgIpc) is 3.06. The number of β-lactam (4-membered cyclic amide) rings is 1. The predicted molar refractivity (Wildman–Crippen MR) is 83.8 cm³/mol. The lowest BCUT2D eigenvalue weighted by Gasteiger charge is -2.45. The fraction of sp³-hybridized carbons (Fsp3) is 0.235. The largest absolute Gasteiger partial charge is 0.497 e. The lowest BCUT2D eigenvalue weighted by Crippen LogP contribution is -2.63. The molecule has 0 aliphatic carbocycles. The van der Waals surface area contributed by atoms with Crippen molar-refractivity contribution < 1.29 is 19.0 Å². The quantitative estimate of drug-likeness (QED) is 0.875. The number of carbonyl (C=O) groups is 1. The Bertz CT molecular complexity index is 777. The second-order valence-electron chi connectivity index (χ2n) is 5.49. The van der Waals surface area contributed by atoms with Crippen LogP contribution in [0.25, 0.3) is 0 Å². The van der Waals surface area contributed by atoms with Gasteiger partial charge in [0, 0.05) is 11.8 Å². The van der Waals surface area contributed by atoms with E-state index in [1.165, 1.54) is 0 Å². The summed E-state index contributed by atoms with van der Waals surface area (Å²) in [5, 5.41) is 0. The van der Waals surface area contributed by atoms with Gasteiger partial charge in [-0.25, -0.2) is 0 Å². The molecule has 23 heavy (non-hydrogen) atoms. The van der Waals surface area contributed by atoms with E-state index in [9.17, 15) is 4.79 Å². The SMILES string of the molecule is COc1cccc([C@@H]2[C@@H](N)C(=O)N2c2ccc3c(c2)OCO3)c1. The molecule has 2 heterocycles. The predicted octanol–water partition coefficient (Wildman–Crippen LogP) is 1.84. The molecule has 2 aliphatic heterocycles. The monoisotopic (exact) mass is 312 g/mol. The van der Waals surface area contributed by atoms with Crippen molar-refractivity contribution in [2.24, 2.45) is 5.73 Å². The standard InChI is InChI=1S/C17H16N2O4/c1-21-12-4-2-3-10(7-12)16-15(18)17(20)19(16)11-5-6-13-14(8-11)23-9-22-13/h2-8,15-16H,9,18H2,1H3/t15-,16-/m1/s1. The van der Waals surface area contributed by atoms with E-state index in [4.69, 9.17) is 19.9 Å². The number of hydrogen-bond donors (Lipinski definition) is 1. The molecular weight excluding hydrogens is 296 g/mol. The summed E-state index contributed by atoms with van der Waals surface area (Å²) in [7, 11) is 1.61. The second kappa shape index (κ2) is 5.17. The van der Waals surface area contributed by atoms with E-state index in [1.807, 2.05) is 30.3 Å². The normalized spacial score (nSPS) is 22.0. The summed E-state index contributed by atoms with van der Waals surface area (Å²) in [6, 6.07) is 12.3. The zero-order valence-electron chi connectivity index (χ0n) is 12.6. The maximum Gasteiger partial charge on any atom is 0.247 e. The summed E-state index contributed by atoms with van der Waals surface area (Å²) >= 11 is 0. The first-order valence-electron chi connectivity index (χ1n) is 7.31. The van der Waals surface area contributed by atoms with E-state index in [0.717, 1.165) is 17.0 Å². The van der Waals surface area contributed by atoms with Crippen molar-refractivity contribution in [1.82, 2.24) is 0 Å². The van der Waals surface area contributed by atoms with Gasteiger partial charge in [-0.3, -0.25) is 4.79 Å². The molecule has 4 rings (SSSR count). The minimum atomic E-state index is -0.562. The molecule has 0 spiro atoms. The van der Waals surface area contributed by atoms with Crippen molar-refractivity contribution in [3.8, 4) is 17.2 Å². The van der Waals surface area contributed by atoms with Crippen molar-refractivity contribution in [3.05, 3.63) is 48.0 Å². The van der Waals surface area contributed by atoms with Gasteiger partial charge in [0.25, 0.3) is 0 Å². The van der Waals surface area contributed by atoms with Gasteiger partial charge in [-0.1, -0.05) is 12.1 Å². The number of hydrogen-bond acceptors (Lipinski definition) is 5. The van der Waals surface area contributed by atoms with Crippen LogP contribution in [0.2, 0.25) is 0 Å². The number of amides is 1. The zero-order chi connectivity index (χ0) is 16.0. The first-order chi connectivity index (χ1) is 11.2. The van der Waals surface area contributed by atoms with Crippen molar-refractivity contribution >= 4 is 11.6 Å². The van der Waals surface area contributed by atoms with Crippen molar-refractivity contribution in [1.29, 1.82) is 0 Å². The van der Waals surface area contributed by atoms with Crippen molar-refractivity contribution in [2.75, 3.05) is 18.8 Å². The van der Waals surface area contributed by atoms with Gasteiger partial charge in [0.15, 0.2) is 11.5 Å². The minimum Gasteiger partial charge on any atom is -0.497 e. The summed E-state index contributed by atoms with van der Waals surface area (Å²) in [6.45, 7) is 0.200. The van der Waals surface area contributed by atoms with Crippen LogP contribution < -0.4 is 24.8 Å². The van der Waals surface area contributed by atoms with Gasteiger partial charge in [0.1, 0.15) is 11.8 Å². The van der Waals surface area contributed by atoms with Crippen LogP contribution in [0.15, 0.2) is 42.5 Å². The van der Waals surface area contributed by atoms with Crippen LogP contribution in [0.4, 0.5) is 5.69 Å². The smallest absolute Gasteiger partial charge is 0.247 e. The minimum absolute atomic E-state index is 0.114. The maximum atomic E-state index is 12.3. The van der Waals surface area contributed by atoms with Crippen LogP contribution in [0, 0.1) is 0 Å². The molecule has 1 saturated heterocycles. The number of nitrogens with two attached hydrogens (primary N) is 1. The van der Waals surface area contributed by atoms with E-state index in [1.54, 1.807) is 24.1 Å². The zero-order valence-corrected chi connectivity index (χ0v) is 12.6. The Morgan fingerprint density at radius 1 is 1.17 bits per heavy atom.